The van der Waals surface area contributed by atoms with Gasteiger partial charge in [0.05, 0.1) is 17.5 Å². The molecule has 9 nitrogen and oxygen atoms in total. The molecule has 0 aliphatic carbocycles. The molecule has 0 saturated carbocycles. The lowest BCUT2D eigenvalue weighted by Crippen LogP contribution is -2.65. The summed E-state index contributed by atoms with van der Waals surface area (Å²) in [6, 6.07) is -1.12. The highest BCUT2D eigenvalue weighted by Gasteiger charge is 2.50. The minimum absolute atomic E-state index is 0.210. The van der Waals surface area contributed by atoms with Crippen LogP contribution in [0.2, 0.25) is 0 Å². The highest BCUT2D eigenvalue weighted by atomic mass is 35.5. The lowest BCUT2D eigenvalue weighted by Gasteiger charge is -2.45. The molecule has 0 spiro atoms. The van der Waals surface area contributed by atoms with E-state index in [0.717, 1.165) is 38.8 Å². The molecule has 9 atom stereocenters. The number of carbonyl (C=O) groups is 2. The summed E-state index contributed by atoms with van der Waals surface area (Å²) in [7, 11) is 1.70. The van der Waals surface area contributed by atoms with Crippen LogP contribution >= 0.6 is 23.4 Å². The van der Waals surface area contributed by atoms with Gasteiger partial charge in [-0.1, -0.05) is 0 Å². The van der Waals surface area contributed by atoms with Gasteiger partial charge in [-0.15, -0.1) is 23.4 Å². The summed E-state index contributed by atoms with van der Waals surface area (Å²) in [5.41, 5.74) is -0.712. The Kier molecular flexibility index (Phi) is 12.2. The van der Waals surface area contributed by atoms with Crippen LogP contribution in [0, 0.1) is 5.92 Å². The van der Waals surface area contributed by atoms with E-state index in [1.54, 1.807) is 20.3 Å². The normalized spacial score (nSPS) is 34.7. The second-order valence-electron chi connectivity index (χ2n) is 8.85. The summed E-state index contributed by atoms with van der Waals surface area (Å²) in [5, 5.41) is 27.0. The summed E-state index contributed by atoms with van der Waals surface area (Å²) < 4.78 is 16.3. The van der Waals surface area contributed by atoms with Crippen molar-refractivity contribution >= 4 is 35.2 Å². The van der Waals surface area contributed by atoms with Gasteiger partial charge in [0.25, 0.3) is 0 Å². The molecule has 2 saturated heterocycles. The maximum Gasteiger partial charge on any atom is 0.303 e. The maximum absolute atomic E-state index is 13.1. The number of aliphatic hydroxyl groups excluding tert-OH is 2. The fraction of sp³-hybridized carbons (Fsp3) is 0.909. The molecule has 2 aliphatic heterocycles. The van der Waals surface area contributed by atoms with Crippen molar-refractivity contribution in [1.29, 1.82) is 0 Å². The first-order valence-electron chi connectivity index (χ1n) is 11.6. The number of ether oxygens (including phenoxy) is 3. The Morgan fingerprint density at radius 3 is 2.61 bits per heavy atom. The number of nitrogens with one attached hydrogen (secondary N) is 2. The first-order valence-corrected chi connectivity index (χ1v) is 13.3. The monoisotopic (exact) mass is 510 g/mol. The lowest BCUT2D eigenvalue weighted by atomic mass is 9.92. The third kappa shape index (κ3) is 8.23. The number of rotatable bonds is 10. The summed E-state index contributed by atoms with van der Waals surface area (Å²) in [5.74, 6) is -0.242. The van der Waals surface area contributed by atoms with Gasteiger partial charge in [-0.2, -0.15) is 0 Å². The zero-order valence-electron chi connectivity index (χ0n) is 19.9. The summed E-state index contributed by atoms with van der Waals surface area (Å²) >= 11 is 7.64. The van der Waals surface area contributed by atoms with Crippen LogP contribution in [0.5, 0.6) is 0 Å². The number of hydrogen-bond acceptors (Lipinski definition) is 9. The summed E-state index contributed by atoms with van der Waals surface area (Å²) in [4.78, 5) is 24.5. The third-order valence-electron chi connectivity index (χ3n) is 6.36. The van der Waals surface area contributed by atoms with Crippen molar-refractivity contribution in [2.45, 2.75) is 93.3 Å². The molecular formula is C22H39ClN2O7S. The largest absolute Gasteiger partial charge is 0.456 e. The molecule has 2 heterocycles. The molecular weight excluding hydrogens is 472 g/mol. The van der Waals surface area contributed by atoms with Crippen molar-refractivity contribution in [1.82, 2.24) is 10.6 Å². The fourth-order valence-corrected chi connectivity index (χ4v) is 5.46. The fourth-order valence-electron chi connectivity index (χ4n) is 4.53. The van der Waals surface area contributed by atoms with Gasteiger partial charge in [0, 0.05) is 20.6 Å². The van der Waals surface area contributed by atoms with E-state index in [1.807, 2.05) is 0 Å². The average Bonchev–Trinajstić information content (AvgIpc) is 3.01. The van der Waals surface area contributed by atoms with Gasteiger partial charge in [-0.25, -0.2) is 0 Å². The molecule has 0 aromatic carbocycles. The Morgan fingerprint density at radius 1 is 1.27 bits per heavy atom. The van der Waals surface area contributed by atoms with E-state index in [4.69, 9.17) is 25.8 Å². The van der Waals surface area contributed by atoms with Gasteiger partial charge in [0.15, 0.2) is 6.10 Å². The van der Waals surface area contributed by atoms with E-state index in [2.05, 4.69) is 10.6 Å². The van der Waals surface area contributed by atoms with Crippen LogP contribution in [0.3, 0.4) is 0 Å². The second-order valence-corrected chi connectivity index (χ2v) is 10.5. The standard InChI is InChI=1S/C22H39ClN2O7S/c1-12(23)16(19-17(27)18(28)20(31-13(2)26)22(32-19)33-4)25-21(29)15-8-7-14(9-10-24-15)6-5-11-30-3/h12,14-20,22,24,27-28H,5-11H2,1-4H3,(H,25,29)/t12-,14-,15?,16+,17+,18-,19+,20+,22+/m0/s1. The van der Waals surface area contributed by atoms with Crippen molar-refractivity contribution in [3.8, 4) is 0 Å². The highest BCUT2D eigenvalue weighted by Crippen LogP contribution is 2.32. The molecule has 1 unspecified atom stereocenters. The van der Waals surface area contributed by atoms with Crippen molar-refractivity contribution in [2.24, 2.45) is 5.92 Å². The van der Waals surface area contributed by atoms with Crippen LogP contribution in [-0.2, 0) is 23.8 Å². The van der Waals surface area contributed by atoms with Gasteiger partial charge in [-0.05, 0) is 57.7 Å². The number of alkyl halides is 1. The van der Waals surface area contributed by atoms with Gasteiger partial charge in [-0.3, -0.25) is 9.59 Å². The van der Waals surface area contributed by atoms with Crippen molar-refractivity contribution in [3.05, 3.63) is 0 Å². The Bertz CT molecular complexity index is 628. The van der Waals surface area contributed by atoms with Crippen LogP contribution in [0.15, 0.2) is 0 Å². The van der Waals surface area contributed by atoms with E-state index >= 15 is 0 Å². The average molecular weight is 511 g/mol. The van der Waals surface area contributed by atoms with Crippen LogP contribution < -0.4 is 10.6 Å². The molecule has 0 aromatic heterocycles. The number of aliphatic hydroxyl groups is 2. The molecule has 2 fully saturated rings. The Morgan fingerprint density at radius 2 is 2.00 bits per heavy atom. The highest BCUT2D eigenvalue weighted by molar-refractivity contribution is 7.99. The predicted molar refractivity (Wildman–Crippen MR) is 127 cm³/mol. The van der Waals surface area contributed by atoms with Crippen LogP contribution in [0.4, 0.5) is 0 Å². The SMILES string of the molecule is COCCC[C@@H]1CCNC(C(=O)N[C@@H]([C@H]2O[C@H](SC)[C@H](OC(C)=O)[C@@H](O)[C@H]2O)[C@H](C)Cl)CC1. The molecule has 192 valence electrons. The van der Waals surface area contributed by atoms with Gasteiger partial charge >= 0.3 is 5.97 Å². The molecule has 2 rings (SSSR count). The number of methoxy groups -OCH3 is 1. The van der Waals surface area contributed by atoms with E-state index in [1.165, 1.54) is 18.7 Å². The lowest BCUT2D eigenvalue weighted by molar-refractivity contribution is -0.217. The van der Waals surface area contributed by atoms with Crippen LogP contribution in [-0.4, -0.2) is 95.9 Å². The van der Waals surface area contributed by atoms with Gasteiger partial charge < -0.3 is 35.1 Å². The zero-order valence-corrected chi connectivity index (χ0v) is 21.4. The van der Waals surface area contributed by atoms with Gasteiger partial charge in [0.2, 0.25) is 5.91 Å². The van der Waals surface area contributed by atoms with Gasteiger partial charge in [0.1, 0.15) is 23.7 Å². The smallest absolute Gasteiger partial charge is 0.303 e. The number of amides is 1. The predicted octanol–water partition coefficient (Wildman–Crippen LogP) is 1.02. The number of esters is 1. The number of carbonyl (C=O) groups excluding carboxylic acids is 2. The van der Waals surface area contributed by atoms with E-state index < -0.39 is 47.2 Å². The molecule has 33 heavy (non-hydrogen) atoms. The molecule has 1 amide bonds. The molecule has 2 aliphatic rings. The van der Waals surface area contributed by atoms with E-state index in [-0.39, 0.29) is 11.9 Å². The zero-order chi connectivity index (χ0) is 24.5. The first kappa shape index (κ1) is 28.6. The van der Waals surface area contributed by atoms with E-state index in [0.29, 0.717) is 12.3 Å². The molecule has 0 bridgehead atoms. The van der Waals surface area contributed by atoms with Crippen LogP contribution in [0.25, 0.3) is 0 Å². The first-order chi connectivity index (χ1) is 15.7. The van der Waals surface area contributed by atoms with E-state index in [9.17, 15) is 19.8 Å². The topological polar surface area (TPSA) is 126 Å². The van der Waals surface area contributed by atoms with Crippen molar-refractivity contribution < 1.29 is 34.0 Å². The Hall–Kier alpha value is -0.620. The molecule has 4 N–H and O–H groups in total. The molecule has 0 aromatic rings. The maximum atomic E-state index is 13.1. The quantitative estimate of drug-likeness (QED) is 0.193. The third-order valence-corrected chi connectivity index (χ3v) is 7.47. The summed E-state index contributed by atoms with van der Waals surface area (Å²) in [6.45, 7) is 4.42. The minimum atomic E-state index is -1.39. The second kappa shape index (κ2) is 14.1. The molecule has 0 radical (unpaired) electrons. The molecule has 11 heteroatoms. The number of thioether (sulfide) groups is 1. The van der Waals surface area contributed by atoms with Crippen LogP contribution in [0.1, 0.15) is 46.0 Å². The minimum Gasteiger partial charge on any atom is -0.456 e. The Balaban J connectivity index is 2.03. The number of halogens is 1. The number of hydrogen-bond donors (Lipinski definition) is 4. The summed E-state index contributed by atoms with van der Waals surface area (Å²) in [6.07, 6.45) is 1.73. The van der Waals surface area contributed by atoms with Crippen molar-refractivity contribution in [3.63, 3.8) is 0 Å². The van der Waals surface area contributed by atoms with Crippen molar-refractivity contribution in [2.75, 3.05) is 26.5 Å². The Labute approximate surface area is 205 Å².